The maximum atomic E-state index is 8.85. The number of hydrogen-bond acceptors (Lipinski definition) is 11. The molecule has 4 rings (SSSR count). The minimum absolute atomic E-state index is 0.251. The summed E-state index contributed by atoms with van der Waals surface area (Å²) in [6, 6.07) is 4.42. The Kier molecular flexibility index (Phi) is 5.55. The molecule has 3 heterocycles. The SMILES string of the molecule is Cc1nnc(-c2nnc(Nc3cnc(C#N)cn3)cc2NC2CCC(N)CC2)s1. The highest BCUT2D eigenvalue weighted by atomic mass is 32.1. The van der Waals surface area contributed by atoms with Crippen LogP contribution in [0.2, 0.25) is 0 Å². The summed E-state index contributed by atoms with van der Waals surface area (Å²) in [6.07, 6.45) is 6.88. The van der Waals surface area contributed by atoms with E-state index in [2.05, 4.69) is 41.0 Å². The molecule has 0 aliphatic heterocycles. The highest BCUT2D eigenvalue weighted by Gasteiger charge is 2.21. The molecule has 11 heteroatoms. The lowest BCUT2D eigenvalue weighted by Gasteiger charge is -2.28. The molecular formula is C18H20N10S. The zero-order chi connectivity index (χ0) is 20.2. The molecule has 0 saturated heterocycles. The van der Waals surface area contributed by atoms with Crippen molar-refractivity contribution in [2.75, 3.05) is 10.6 Å². The van der Waals surface area contributed by atoms with Crippen LogP contribution in [0.4, 0.5) is 17.3 Å². The van der Waals surface area contributed by atoms with Gasteiger partial charge in [0.05, 0.1) is 18.1 Å². The molecule has 148 valence electrons. The van der Waals surface area contributed by atoms with Gasteiger partial charge in [-0.05, 0) is 32.6 Å². The Labute approximate surface area is 171 Å². The van der Waals surface area contributed by atoms with E-state index in [1.54, 1.807) is 0 Å². The largest absolute Gasteiger partial charge is 0.380 e. The molecule has 3 aromatic heterocycles. The number of rotatable bonds is 5. The molecule has 4 N–H and O–H groups in total. The van der Waals surface area contributed by atoms with Gasteiger partial charge in [0.25, 0.3) is 0 Å². The van der Waals surface area contributed by atoms with Gasteiger partial charge >= 0.3 is 0 Å². The second-order valence-electron chi connectivity index (χ2n) is 6.90. The van der Waals surface area contributed by atoms with Crippen molar-refractivity contribution in [1.82, 2.24) is 30.4 Å². The predicted molar refractivity (Wildman–Crippen MR) is 110 cm³/mol. The van der Waals surface area contributed by atoms with E-state index >= 15 is 0 Å². The van der Waals surface area contributed by atoms with Crippen molar-refractivity contribution in [2.45, 2.75) is 44.7 Å². The normalized spacial score (nSPS) is 18.8. The van der Waals surface area contributed by atoms with Gasteiger partial charge in [-0.1, -0.05) is 11.3 Å². The van der Waals surface area contributed by atoms with Crippen molar-refractivity contribution < 1.29 is 0 Å². The van der Waals surface area contributed by atoms with Crippen LogP contribution in [0.5, 0.6) is 0 Å². The monoisotopic (exact) mass is 408 g/mol. The van der Waals surface area contributed by atoms with Crippen LogP contribution >= 0.6 is 11.3 Å². The number of aryl methyl sites for hydroxylation is 1. The molecule has 3 aromatic rings. The molecule has 0 bridgehead atoms. The van der Waals surface area contributed by atoms with Gasteiger partial charge in [-0.3, -0.25) is 0 Å². The summed E-state index contributed by atoms with van der Waals surface area (Å²) in [6.45, 7) is 1.91. The van der Waals surface area contributed by atoms with Crippen LogP contribution in [0.1, 0.15) is 36.4 Å². The van der Waals surface area contributed by atoms with E-state index in [1.807, 2.05) is 19.1 Å². The van der Waals surface area contributed by atoms with Crippen molar-refractivity contribution in [3.8, 4) is 16.8 Å². The predicted octanol–water partition coefficient (Wildman–Crippen LogP) is 2.39. The van der Waals surface area contributed by atoms with Gasteiger partial charge in [0.15, 0.2) is 16.5 Å². The van der Waals surface area contributed by atoms with E-state index in [-0.39, 0.29) is 11.7 Å². The summed E-state index contributed by atoms with van der Waals surface area (Å²) in [5.41, 5.74) is 7.79. The lowest BCUT2D eigenvalue weighted by molar-refractivity contribution is 0.411. The zero-order valence-electron chi connectivity index (χ0n) is 15.8. The van der Waals surface area contributed by atoms with Crippen molar-refractivity contribution in [2.24, 2.45) is 5.73 Å². The summed E-state index contributed by atoms with van der Waals surface area (Å²) in [5.74, 6) is 0.997. The first-order chi connectivity index (χ1) is 14.1. The Morgan fingerprint density at radius 2 is 1.90 bits per heavy atom. The van der Waals surface area contributed by atoms with Gasteiger partial charge < -0.3 is 16.4 Å². The second kappa shape index (κ2) is 8.42. The smallest absolute Gasteiger partial charge is 0.170 e. The highest BCUT2D eigenvalue weighted by molar-refractivity contribution is 7.14. The average Bonchev–Trinajstić information content (AvgIpc) is 3.16. The summed E-state index contributed by atoms with van der Waals surface area (Å²) in [7, 11) is 0. The average molecular weight is 408 g/mol. The summed E-state index contributed by atoms with van der Waals surface area (Å²) < 4.78 is 0. The summed E-state index contributed by atoms with van der Waals surface area (Å²) in [4.78, 5) is 8.17. The minimum atomic E-state index is 0.251. The quantitative estimate of drug-likeness (QED) is 0.574. The zero-order valence-corrected chi connectivity index (χ0v) is 16.6. The van der Waals surface area contributed by atoms with Crippen LogP contribution in [0.15, 0.2) is 18.5 Å². The third-order valence-corrected chi connectivity index (χ3v) is 5.52. The standard InChI is InChI=1S/C18H20N10S/c1-10-25-28-18(29-10)17-14(23-12-4-2-11(20)3-5-12)6-15(26-27-17)24-16-9-21-13(7-19)8-22-16/h6,8-9,11-12H,2-5,20H2,1H3,(H2,22,23,24,26). The number of anilines is 3. The fourth-order valence-electron chi connectivity index (χ4n) is 3.18. The number of nitriles is 1. The first-order valence-corrected chi connectivity index (χ1v) is 10.1. The molecular weight excluding hydrogens is 388 g/mol. The molecule has 0 atom stereocenters. The molecule has 0 radical (unpaired) electrons. The van der Waals surface area contributed by atoms with Crippen molar-refractivity contribution in [3.05, 3.63) is 29.2 Å². The van der Waals surface area contributed by atoms with E-state index in [0.717, 1.165) is 41.4 Å². The molecule has 1 aliphatic rings. The van der Waals surface area contributed by atoms with Gasteiger partial charge in [-0.15, -0.1) is 20.4 Å². The van der Waals surface area contributed by atoms with Crippen LogP contribution < -0.4 is 16.4 Å². The Morgan fingerprint density at radius 1 is 1.07 bits per heavy atom. The number of nitrogens with zero attached hydrogens (tertiary/aromatic N) is 7. The lowest BCUT2D eigenvalue weighted by atomic mass is 9.91. The Morgan fingerprint density at radius 3 is 2.55 bits per heavy atom. The van der Waals surface area contributed by atoms with Gasteiger partial charge in [-0.25, -0.2) is 9.97 Å². The van der Waals surface area contributed by atoms with E-state index in [9.17, 15) is 0 Å². The molecule has 1 fully saturated rings. The van der Waals surface area contributed by atoms with E-state index in [0.29, 0.717) is 23.4 Å². The van der Waals surface area contributed by atoms with Crippen LogP contribution in [0.25, 0.3) is 10.7 Å². The maximum absolute atomic E-state index is 8.85. The number of aromatic nitrogens is 6. The third-order valence-electron chi connectivity index (χ3n) is 4.68. The molecule has 0 aromatic carbocycles. The van der Waals surface area contributed by atoms with Gasteiger partial charge in [0.1, 0.15) is 22.6 Å². The molecule has 29 heavy (non-hydrogen) atoms. The van der Waals surface area contributed by atoms with E-state index in [1.165, 1.54) is 23.7 Å². The van der Waals surface area contributed by atoms with Crippen molar-refractivity contribution in [1.29, 1.82) is 5.26 Å². The maximum Gasteiger partial charge on any atom is 0.170 e. The topological polar surface area (TPSA) is 151 Å². The first kappa shape index (κ1) is 19.1. The second-order valence-corrected chi connectivity index (χ2v) is 8.08. The van der Waals surface area contributed by atoms with Crippen LogP contribution in [0.3, 0.4) is 0 Å². The third kappa shape index (κ3) is 4.61. The highest BCUT2D eigenvalue weighted by Crippen LogP contribution is 2.32. The van der Waals surface area contributed by atoms with E-state index < -0.39 is 0 Å². The Bertz CT molecular complexity index is 1020. The summed E-state index contributed by atoms with van der Waals surface area (Å²) >= 11 is 1.47. The molecule has 10 nitrogen and oxygen atoms in total. The number of nitrogens with one attached hydrogen (secondary N) is 2. The first-order valence-electron chi connectivity index (χ1n) is 9.30. The van der Waals surface area contributed by atoms with Crippen LogP contribution in [-0.2, 0) is 0 Å². The summed E-state index contributed by atoms with van der Waals surface area (Å²) in [5, 5.41) is 34.0. The van der Waals surface area contributed by atoms with Gasteiger partial charge in [0, 0.05) is 18.2 Å². The van der Waals surface area contributed by atoms with E-state index in [4.69, 9.17) is 11.0 Å². The van der Waals surface area contributed by atoms with Crippen molar-refractivity contribution >= 4 is 28.7 Å². The number of hydrogen-bond donors (Lipinski definition) is 3. The molecule has 1 aliphatic carbocycles. The molecule has 0 spiro atoms. The molecule has 0 amide bonds. The Balaban J connectivity index is 1.61. The van der Waals surface area contributed by atoms with Crippen molar-refractivity contribution in [3.63, 3.8) is 0 Å². The fraction of sp³-hybridized carbons (Fsp3) is 0.389. The molecule has 1 saturated carbocycles. The van der Waals surface area contributed by atoms with Crippen LogP contribution in [-0.4, -0.2) is 42.4 Å². The Hall–Kier alpha value is -3.23. The minimum Gasteiger partial charge on any atom is -0.380 e. The van der Waals surface area contributed by atoms with Crippen LogP contribution in [0, 0.1) is 18.3 Å². The van der Waals surface area contributed by atoms with Gasteiger partial charge in [-0.2, -0.15) is 5.26 Å². The lowest BCUT2D eigenvalue weighted by Crippen LogP contribution is -2.33. The fourth-order valence-corrected chi connectivity index (χ4v) is 3.87. The number of nitrogens with two attached hydrogens (primary N) is 1. The van der Waals surface area contributed by atoms with Gasteiger partial charge in [0.2, 0.25) is 0 Å². The molecule has 0 unspecified atom stereocenters.